The molecule has 0 amide bonds. The zero-order valence-electron chi connectivity index (χ0n) is 9.06. The molecular formula is C14H14O2. The van der Waals surface area contributed by atoms with Gasteiger partial charge in [-0.15, -0.1) is 0 Å². The predicted molar refractivity (Wildman–Crippen MR) is 63.0 cm³/mol. The van der Waals surface area contributed by atoms with Crippen molar-refractivity contribution in [2.75, 3.05) is 13.2 Å². The molecule has 0 aromatic heterocycles. The average molecular weight is 214 g/mol. The fraction of sp³-hybridized carbons (Fsp3) is 0.286. The van der Waals surface area contributed by atoms with Crippen molar-refractivity contribution in [2.45, 2.75) is 12.2 Å². The van der Waals surface area contributed by atoms with Gasteiger partial charge in [0.1, 0.15) is 0 Å². The Kier molecular flexibility index (Phi) is 2.39. The van der Waals surface area contributed by atoms with Gasteiger partial charge in [0.05, 0.1) is 19.1 Å². The van der Waals surface area contributed by atoms with Crippen LogP contribution in [-0.4, -0.2) is 19.5 Å². The van der Waals surface area contributed by atoms with Gasteiger partial charge in [0, 0.05) is 0 Å². The van der Waals surface area contributed by atoms with E-state index < -0.39 is 0 Å². The van der Waals surface area contributed by atoms with Gasteiger partial charge in [-0.05, 0) is 16.7 Å². The minimum atomic E-state index is -0.168. The number of ether oxygens (including phenoxy) is 2. The summed E-state index contributed by atoms with van der Waals surface area (Å²) in [6, 6.07) is 8.33. The molecule has 0 N–H and O–H groups in total. The third kappa shape index (κ3) is 1.51. The van der Waals surface area contributed by atoms with Gasteiger partial charge in [-0.1, -0.05) is 43.0 Å². The van der Waals surface area contributed by atoms with Gasteiger partial charge in [0.25, 0.3) is 0 Å². The van der Waals surface area contributed by atoms with Crippen LogP contribution in [0.2, 0.25) is 0 Å². The molecule has 1 aliphatic carbocycles. The molecule has 82 valence electrons. The summed E-state index contributed by atoms with van der Waals surface area (Å²) in [6.07, 6.45) is 3.99. The Hall–Kier alpha value is -1.38. The van der Waals surface area contributed by atoms with Gasteiger partial charge in [-0.2, -0.15) is 0 Å². The third-order valence-electron chi connectivity index (χ3n) is 3.13. The van der Waals surface area contributed by atoms with Gasteiger partial charge in [-0.3, -0.25) is 0 Å². The first-order chi connectivity index (χ1) is 7.86. The first-order valence-corrected chi connectivity index (χ1v) is 5.55. The van der Waals surface area contributed by atoms with Gasteiger partial charge >= 0.3 is 0 Å². The Morgan fingerprint density at radius 3 is 2.62 bits per heavy atom. The van der Waals surface area contributed by atoms with Crippen LogP contribution in [0.4, 0.5) is 0 Å². The van der Waals surface area contributed by atoms with Crippen LogP contribution >= 0.6 is 0 Å². The minimum absolute atomic E-state index is 0.142. The van der Waals surface area contributed by atoms with Crippen molar-refractivity contribution in [3.05, 3.63) is 53.6 Å². The number of hydrogen-bond donors (Lipinski definition) is 0. The summed E-state index contributed by atoms with van der Waals surface area (Å²) in [5.41, 5.74) is 3.55. The van der Waals surface area contributed by atoms with Crippen LogP contribution in [-0.2, 0) is 9.47 Å². The molecule has 1 atom stereocenters. The van der Waals surface area contributed by atoms with Crippen LogP contribution in [0.1, 0.15) is 17.0 Å². The van der Waals surface area contributed by atoms with Crippen molar-refractivity contribution in [1.82, 2.24) is 0 Å². The highest BCUT2D eigenvalue weighted by molar-refractivity contribution is 5.63. The quantitative estimate of drug-likeness (QED) is 0.715. The summed E-state index contributed by atoms with van der Waals surface area (Å²) in [5, 5.41) is 0. The first kappa shape index (κ1) is 9.82. The van der Waals surface area contributed by atoms with Gasteiger partial charge in [-0.25, -0.2) is 0 Å². The van der Waals surface area contributed by atoms with E-state index >= 15 is 0 Å². The molecule has 2 nitrogen and oxygen atoms in total. The Balaban J connectivity index is 2.03. The highest BCUT2D eigenvalue weighted by atomic mass is 16.7. The van der Waals surface area contributed by atoms with Crippen LogP contribution in [0.5, 0.6) is 0 Å². The standard InChI is InChI=1S/C14H14O2/c1-10-6-7-11-4-2-3-5-12(11)13(10)14-15-8-9-16-14/h2-7,13-14H,1,8-9H2. The monoisotopic (exact) mass is 214 g/mol. The fourth-order valence-corrected chi connectivity index (χ4v) is 2.34. The summed E-state index contributed by atoms with van der Waals surface area (Å²) in [5.74, 6) is 0.142. The van der Waals surface area contributed by atoms with Crippen LogP contribution in [0.15, 0.2) is 42.5 Å². The molecule has 2 aliphatic rings. The molecule has 1 saturated heterocycles. The second-order valence-corrected chi connectivity index (χ2v) is 4.12. The van der Waals surface area contributed by atoms with E-state index in [-0.39, 0.29) is 12.2 Å². The number of hydrogen-bond acceptors (Lipinski definition) is 2. The van der Waals surface area contributed by atoms with Crippen molar-refractivity contribution < 1.29 is 9.47 Å². The minimum Gasteiger partial charge on any atom is -0.349 e. The lowest BCUT2D eigenvalue weighted by atomic mass is 9.83. The molecule has 0 bridgehead atoms. The molecule has 2 heteroatoms. The Labute approximate surface area is 95.2 Å². The number of rotatable bonds is 1. The summed E-state index contributed by atoms with van der Waals surface area (Å²) in [6.45, 7) is 5.45. The van der Waals surface area contributed by atoms with E-state index in [1.165, 1.54) is 11.1 Å². The van der Waals surface area contributed by atoms with E-state index in [1.807, 2.05) is 12.1 Å². The van der Waals surface area contributed by atoms with Crippen molar-refractivity contribution in [2.24, 2.45) is 0 Å². The molecule has 16 heavy (non-hydrogen) atoms. The molecule has 0 spiro atoms. The van der Waals surface area contributed by atoms with Crippen molar-refractivity contribution in [1.29, 1.82) is 0 Å². The number of fused-ring (bicyclic) bond motifs is 1. The molecule has 1 unspecified atom stereocenters. The second-order valence-electron chi connectivity index (χ2n) is 4.12. The van der Waals surface area contributed by atoms with Crippen molar-refractivity contribution in [3.8, 4) is 0 Å². The van der Waals surface area contributed by atoms with E-state index in [0.29, 0.717) is 13.2 Å². The van der Waals surface area contributed by atoms with E-state index in [0.717, 1.165) is 5.57 Å². The van der Waals surface area contributed by atoms with Crippen molar-refractivity contribution in [3.63, 3.8) is 0 Å². The van der Waals surface area contributed by atoms with E-state index in [1.54, 1.807) is 0 Å². The molecule has 0 radical (unpaired) electrons. The first-order valence-electron chi connectivity index (χ1n) is 5.55. The predicted octanol–water partition coefficient (Wildman–Crippen LogP) is 2.73. The van der Waals surface area contributed by atoms with Gasteiger partial charge in [0.15, 0.2) is 6.29 Å². The molecular weight excluding hydrogens is 200 g/mol. The maximum atomic E-state index is 5.60. The van der Waals surface area contributed by atoms with E-state index in [4.69, 9.17) is 9.47 Å². The average Bonchev–Trinajstić information content (AvgIpc) is 2.82. The zero-order chi connectivity index (χ0) is 11.0. The lowest BCUT2D eigenvalue weighted by Crippen LogP contribution is -2.22. The van der Waals surface area contributed by atoms with E-state index in [2.05, 4.69) is 30.9 Å². The summed E-state index contributed by atoms with van der Waals surface area (Å²) >= 11 is 0. The summed E-state index contributed by atoms with van der Waals surface area (Å²) in [7, 11) is 0. The lowest BCUT2D eigenvalue weighted by Gasteiger charge is -2.27. The molecule has 1 aromatic carbocycles. The Morgan fingerprint density at radius 2 is 1.81 bits per heavy atom. The Morgan fingerprint density at radius 1 is 1.06 bits per heavy atom. The summed E-state index contributed by atoms with van der Waals surface area (Å²) in [4.78, 5) is 0. The fourth-order valence-electron chi connectivity index (χ4n) is 2.34. The topological polar surface area (TPSA) is 18.5 Å². The normalized spacial score (nSPS) is 24.8. The molecule has 1 heterocycles. The lowest BCUT2D eigenvalue weighted by molar-refractivity contribution is -0.0526. The molecule has 1 aliphatic heterocycles. The molecule has 0 saturated carbocycles. The number of benzene rings is 1. The van der Waals surface area contributed by atoms with Crippen molar-refractivity contribution >= 4 is 6.08 Å². The number of allylic oxidation sites excluding steroid dienone is 1. The molecule has 1 fully saturated rings. The Bertz CT molecular complexity index is 442. The van der Waals surface area contributed by atoms with Gasteiger partial charge in [0.2, 0.25) is 0 Å². The maximum Gasteiger partial charge on any atom is 0.168 e. The smallest absolute Gasteiger partial charge is 0.168 e. The molecule has 3 rings (SSSR count). The largest absolute Gasteiger partial charge is 0.349 e. The highest BCUT2D eigenvalue weighted by Crippen LogP contribution is 2.37. The second kappa shape index (κ2) is 3.89. The highest BCUT2D eigenvalue weighted by Gasteiger charge is 2.32. The van der Waals surface area contributed by atoms with Crippen LogP contribution in [0, 0.1) is 0 Å². The van der Waals surface area contributed by atoms with Crippen LogP contribution in [0.25, 0.3) is 6.08 Å². The SMILES string of the molecule is C=C1C=Cc2ccccc2C1C1OCCO1. The van der Waals surface area contributed by atoms with Crippen LogP contribution < -0.4 is 0 Å². The van der Waals surface area contributed by atoms with Crippen LogP contribution in [0.3, 0.4) is 0 Å². The summed E-state index contributed by atoms with van der Waals surface area (Å²) < 4.78 is 11.2. The zero-order valence-corrected chi connectivity index (χ0v) is 9.06. The maximum absolute atomic E-state index is 5.60. The van der Waals surface area contributed by atoms with Gasteiger partial charge < -0.3 is 9.47 Å². The van der Waals surface area contributed by atoms with E-state index in [9.17, 15) is 0 Å². The molecule has 1 aromatic rings. The third-order valence-corrected chi connectivity index (χ3v) is 3.13.